The van der Waals surface area contributed by atoms with E-state index in [1.165, 1.54) is 12.8 Å². The lowest BCUT2D eigenvalue weighted by molar-refractivity contribution is 0.477. The van der Waals surface area contributed by atoms with Crippen LogP contribution in [0.25, 0.3) is 21.1 Å². The molecule has 27 heavy (non-hydrogen) atoms. The van der Waals surface area contributed by atoms with Crippen molar-refractivity contribution >= 4 is 49.9 Å². The number of piperazine rings is 1. The van der Waals surface area contributed by atoms with Crippen LogP contribution in [0.4, 0.5) is 17.5 Å². The van der Waals surface area contributed by atoms with Crippen LogP contribution in [0.15, 0.2) is 35.8 Å². The van der Waals surface area contributed by atoms with E-state index in [4.69, 9.17) is 9.97 Å². The van der Waals surface area contributed by atoms with Gasteiger partial charge in [-0.15, -0.1) is 11.3 Å². The Balaban J connectivity index is 1.43. The molecule has 7 nitrogen and oxygen atoms in total. The highest BCUT2D eigenvalue weighted by Crippen LogP contribution is 2.35. The van der Waals surface area contributed by atoms with E-state index < -0.39 is 0 Å². The Labute approximate surface area is 159 Å². The van der Waals surface area contributed by atoms with Crippen molar-refractivity contribution in [3.63, 3.8) is 0 Å². The largest absolute Gasteiger partial charge is 0.339 e. The van der Waals surface area contributed by atoms with Crippen LogP contribution in [-0.2, 0) is 0 Å². The third-order valence-corrected chi connectivity index (χ3v) is 6.52. The van der Waals surface area contributed by atoms with Crippen LogP contribution < -0.4 is 15.5 Å². The quantitative estimate of drug-likeness (QED) is 0.508. The number of aromatic nitrogens is 4. The van der Waals surface area contributed by atoms with Crippen molar-refractivity contribution in [3.05, 3.63) is 35.8 Å². The van der Waals surface area contributed by atoms with Crippen LogP contribution in [0, 0.1) is 0 Å². The summed E-state index contributed by atoms with van der Waals surface area (Å²) in [7, 11) is 0. The first-order valence-electron chi connectivity index (χ1n) is 9.29. The van der Waals surface area contributed by atoms with E-state index in [1.54, 1.807) is 11.3 Å². The Morgan fingerprint density at radius 1 is 1.11 bits per heavy atom. The Morgan fingerprint density at radius 2 is 2.00 bits per heavy atom. The summed E-state index contributed by atoms with van der Waals surface area (Å²) in [5, 5.41) is 17.3. The first-order chi connectivity index (χ1) is 13.3. The second kappa shape index (κ2) is 5.90. The van der Waals surface area contributed by atoms with Crippen molar-refractivity contribution in [2.45, 2.75) is 24.9 Å². The number of hydrogen-bond acceptors (Lipinski definition) is 7. The zero-order chi connectivity index (χ0) is 17.8. The normalized spacial score (nSPS) is 22.0. The van der Waals surface area contributed by atoms with Gasteiger partial charge in [0.15, 0.2) is 5.82 Å². The van der Waals surface area contributed by atoms with Gasteiger partial charge in [-0.1, -0.05) is 0 Å². The van der Waals surface area contributed by atoms with E-state index in [1.807, 2.05) is 12.3 Å². The molecule has 0 saturated carbocycles. The van der Waals surface area contributed by atoms with E-state index in [0.717, 1.165) is 51.7 Å². The van der Waals surface area contributed by atoms with Crippen molar-refractivity contribution in [2.24, 2.45) is 0 Å². The highest BCUT2D eigenvalue weighted by Gasteiger charge is 2.38. The summed E-state index contributed by atoms with van der Waals surface area (Å²) in [6.45, 7) is 2.03. The summed E-state index contributed by atoms with van der Waals surface area (Å²) in [4.78, 5) is 12.3. The zero-order valence-corrected chi connectivity index (χ0v) is 15.5. The standard InChI is InChI=1S/C19H19N7S/c1-4-15-11(8-21-25-15)7-12(1)22-18-17-16(5-6-27-17)23-19(24-18)26-13-2-3-14(26)10-20-9-13/h1,4-8,13-14,20H,2-3,9-10H2,(H,21,25)(H,22,23,24). The van der Waals surface area contributed by atoms with Gasteiger partial charge in [-0.25, -0.2) is 4.98 Å². The predicted molar refractivity (Wildman–Crippen MR) is 109 cm³/mol. The number of hydrogen-bond donors (Lipinski definition) is 3. The molecule has 0 aliphatic carbocycles. The van der Waals surface area contributed by atoms with E-state index in [9.17, 15) is 0 Å². The van der Waals surface area contributed by atoms with Gasteiger partial charge in [0.05, 0.1) is 21.9 Å². The highest BCUT2D eigenvalue weighted by atomic mass is 32.1. The van der Waals surface area contributed by atoms with Gasteiger partial charge in [0.1, 0.15) is 0 Å². The predicted octanol–water partition coefficient (Wildman–Crippen LogP) is 3.25. The number of aromatic amines is 1. The molecule has 2 fully saturated rings. The number of rotatable bonds is 3. The third-order valence-electron chi connectivity index (χ3n) is 5.61. The van der Waals surface area contributed by atoms with Crippen molar-refractivity contribution in [1.82, 2.24) is 25.5 Å². The molecule has 0 spiro atoms. The highest BCUT2D eigenvalue weighted by molar-refractivity contribution is 7.17. The topological polar surface area (TPSA) is 81.8 Å². The van der Waals surface area contributed by atoms with Crippen molar-refractivity contribution in [3.8, 4) is 0 Å². The Kier molecular flexibility index (Phi) is 3.36. The number of anilines is 3. The minimum atomic E-state index is 0.495. The number of fused-ring (bicyclic) bond motifs is 4. The van der Waals surface area contributed by atoms with Crippen LogP contribution in [0.2, 0.25) is 0 Å². The third kappa shape index (κ3) is 2.48. The zero-order valence-electron chi connectivity index (χ0n) is 14.6. The fourth-order valence-electron chi connectivity index (χ4n) is 4.31. The molecule has 4 aromatic rings. The minimum Gasteiger partial charge on any atom is -0.339 e. The molecule has 2 aliphatic heterocycles. The second-order valence-corrected chi connectivity index (χ2v) is 8.17. The molecule has 1 aromatic carbocycles. The maximum atomic E-state index is 4.96. The maximum absolute atomic E-state index is 4.96. The van der Waals surface area contributed by atoms with E-state index >= 15 is 0 Å². The van der Waals surface area contributed by atoms with Crippen molar-refractivity contribution in [2.75, 3.05) is 23.3 Å². The van der Waals surface area contributed by atoms with E-state index in [-0.39, 0.29) is 0 Å². The molecule has 8 heteroatoms. The molecular formula is C19H19N7S. The molecule has 6 rings (SSSR count). The Bertz CT molecular complexity index is 1120. The van der Waals surface area contributed by atoms with Crippen LogP contribution in [0.5, 0.6) is 0 Å². The molecule has 2 saturated heterocycles. The van der Waals surface area contributed by atoms with Crippen LogP contribution in [0.3, 0.4) is 0 Å². The van der Waals surface area contributed by atoms with E-state index in [0.29, 0.717) is 12.1 Å². The van der Waals surface area contributed by atoms with Gasteiger partial charge in [0, 0.05) is 36.2 Å². The number of nitrogens with one attached hydrogen (secondary N) is 3. The average Bonchev–Trinajstić information content (AvgIpc) is 3.39. The molecular weight excluding hydrogens is 358 g/mol. The van der Waals surface area contributed by atoms with Gasteiger partial charge in [-0.3, -0.25) is 5.10 Å². The van der Waals surface area contributed by atoms with Crippen LogP contribution in [0.1, 0.15) is 12.8 Å². The molecule has 3 aromatic heterocycles. The molecule has 2 aliphatic rings. The Morgan fingerprint density at radius 3 is 2.89 bits per heavy atom. The summed E-state index contributed by atoms with van der Waals surface area (Å²) >= 11 is 1.67. The summed E-state index contributed by atoms with van der Waals surface area (Å²) in [5.41, 5.74) is 3.05. The van der Waals surface area contributed by atoms with Gasteiger partial charge in [-0.05, 0) is 42.5 Å². The first kappa shape index (κ1) is 15.4. The Hall–Kier alpha value is -2.71. The van der Waals surface area contributed by atoms with Gasteiger partial charge in [-0.2, -0.15) is 10.1 Å². The number of thiophene rings is 1. The number of benzene rings is 1. The average molecular weight is 377 g/mol. The molecule has 136 valence electrons. The lowest BCUT2D eigenvalue weighted by atomic mass is 10.2. The van der Waals surface area contributed by atoms with Gasteiger partial charge in [0.25, 0.3) is 0 Å². The molecule has 2 bridgehead atoms. The van der Waals surface area contributed by atoms with Gasteiger partial charge in [0.2, 0.25) is 5.95 Å². The molecule has 3 N–H and O–H groups in total. The maximum Gasteiger partial charge on any atom is 0.228 e. The minimum absolute atomic E-state index is 0.495. The number of nitrogens with zero attached hydrogens (tertiary/aromatic N) is 4. The summed E-state index contributed by atoms with van der Waals surface area (Å²) in [5.74, 6) is 1.73. The summed E-state index contributed by atoms with van der Waals surface area (Å²) < 4.78 is 1.09. The second-order valence-electron chi connectivity index (χ2n) is 7.25. The fraction of sp³-hybridized carbons (Fsp3) is 0.316. The van der Waals surface area contributed by atoms with E-state index in [2.05, 4.69) is 49.3 Å². The van der Waals surface area contributed by atoms with Crippen molar-refractivity contribution < 1.29 is 0 Å². The smallest absolute Gasteiger partial charge is 0.228 e. The van der Waals surface area contributed by atoms with Crippen LogP contribution >= 0.6 is 11.3 Å². The lowest BCUT2D eigenvalue weighted by Crippen LogP contribution is -2.52. The lowest BCUT2D eigenvalue weighted by Gasteiger charge is -2.35. The van der Waals surface area contributed by atoms with Gasteiger partial charge >= 0.3 is 0 Å². The molecule has 5 heterocycles. The van der Waals surface area contributed by atoms with Crippen molar-refractivity contribution in [1.29, 1.82) is 0 Å². The summed E-state index contributed by atoms with van der Waals surface area (Å²) in [6, 6.07) is 9.25. The van der Waals surface area contributed by atoms with Crippen LogP contribution in [-0.4, -0.2) is 45.3 Å². The number of H-pyrrole nitrogens is 1. The molecule has 2 unspecified atom stereocenters. The first-order valence-corrected chi connectivity index (χ1v) is 10.2. The molecule has 0 amide bonds. The van der Waals surface area contributed by atoms with Gasteiger partial charge < -0.3 is 15.5 Å². The fourth-order valence-corrected chi connectivity index (χ4v) is 5.09. The summed E-state index contributed by atoms with van der Waals surface area (Å²) in [6.07, 6.45) is 4.26. The monoisotopic (exact) mass is 377 g/mol. The molecule has 0 radical (unpaired) electrons. The SMILES string of the molecule is c1cc2nc(N3C4CCC3CNC4)nc(Nc3ccc4[nH]ncc4c3)c2s1. The molecule has 2 atom stereocenters.